The molecule has 0 aliphatic heterocycles. The van der Waals surface area contributed by atoms with E-state index >= 15 is 0 Å². The summed E-state index contributed by atoms with van der Waals surface area (Å²) in [6.07, 6.45) is 3.77. The second-order valence-corrected chi connectivity index (χ2v) is 16.3. The van der Waals surface area contributed by atoms with Crippen LogP contribution in [-0.2, 0) is 0 Å². The molecule has 2 heteroatoms. The Bertz CT molecular complexity index is 3120. The van der Waals surface area contributed by atoms with E-state index in [1.54, 1.807) is 0 Å². The molecule has 53 heavy (non-hydrogen) atoms. The van der Waals surface area contributed by atoms with Crippen LogP contribution < -0.4 is 0 Å². The monoisotopic (exact) mass is 740 g/mol. The molecule has 0 fully saturated rings. The van der Waals surface area contributed by atoms with Crippen molar-refractivity contribution in [1.29, 1.82) is 0 Å². The van der Waals surface area contributed by atoms with Crippen molar-refractivity contribution in [1.82, 2.24) is 0 Å². The van der Waals surface area contributed by atoms with Crippen molar-refractivity contribution in [3.8, 4) is 44.5 Å². The third-order valence-electron chi connectivity index (χ3n) is 11.1. The second kappa shape index (κ2) is 11.9. The first-order valence-electron chi connectivity index (χ1n) is 18.2. The number of hydrogen-bond donors (Lipinski definition) is 0. The topological polar surface area (TPSA) is 13.1 Å². The van der Waals surface area contributed by atoms with Gasteiger partial charge in [-0.15, -0.1) is 0 Å². The van der Waals surface area contributed by atoms with E-state index in [4.69, 9.17) is 4.42 Å². The molecule has 11 aromatic rings. The average Bonchev–Trinajstić information content (AvgIpc) is 3.82. The fourth-order valence-electron chi connectivity index (χ4n) is 8.94. The Morgan fingerprint density at radius 2 is 0.717 bits per heavy atom. The summed E-state index contributed by atoms with van der Waals surface area (Å²) >= 11 is 0.172. The third kappa shape index (κ3) is 4.50. The summed E-state index contributed by atoms with van der Waals surface area (Å²) in [5.74, 6) is 0. The fourth-order valence-corrected chi connectivity index (χ4v) is 11.4. The summed E-state index contributed by atoms with van der Waals surface area (Å²) in [4.78, 5) is 0. The van der Waals surface area contributed by atoms with Crippen molar-refractivity contribution in [2.75, 3.05) is 0 Å². The molecule has 11 rings (SSSR count). The molecule has 0 radical (unpaired) electrons. The van der Waals surface area contributed by atoms with Crippen molar-refractivity contribution in [2.24, 2.45) is 0 Å². The Balaban J connectivity index is 1.30. The van der Waals surface area contributed by atoms with Crippen LogP contribution in [0.1, 0.15) is 5.56 Å². The van der Waals surface area contributed by atoms with Crippen molar-refractivity contribution < 1.29 is 4.42 Å². The van der Waals surface area contributed by atoms with Crippen LogP contribution in [0.25, 0.3) is 107 Å². The minimum atomic E-state index is 0.172. The van der Waals surface area contributed by atoms with Crippen LogP contribution in [0.5, 0.6) is 0 Å². The van der Waals surface area contributed by atoms with Gasteiger partial charge in [0.25, 0.3) is 0 Å². The quantitative estimate of drug-likeness (QED) is 0.129. The zero-order valence-electron chi connectivity index (χ0n) is 29.1. The van der Waals surface area contributed by atoms with E-state index in [0.717, 1.165) is 11.1 Å². The summed E-state index contributed by atoms with van der Waals surface area (Å²) in [6, 6.07) is 60.8. The molecule has 248 valence electrons. The van der Waals surface area contributed by atoms with Gasteiger partial charge in [0.2, 0.25) is 0 Å². The summed E-state index contributed by atoms with van der Waals surface area (Å²) in [7, 11) is 0. The first-order chi connectivity index (χ1) is 26.3. The zero-order chi connectivity index (χ0) is 35.0. The standard InChI is InChI=1S/C51H32OSe/c1-31-29-52-30-43(31)49-39-23-11-9-21-37(39)48(38-22-10-12-24-40(38)49)42-26-14-28-45-51(42)50-41(25-13-27-44(50)53-45)47-35-19-7-5-17-33(35)46(32-15-3-2-4-16-32)34-18-6-8-20-36(34)47/h2-30H,1H3. The van der Waals surface area contributed by atoms with Crippen LogP contribution in [0.4, 0.5) is 0 Å². The molecule has 0 saturated carbocycles. The third-order valence-corrected chi connectivity index (χ3v) is 13.5. The van der Waals surface area contributed by atoms with Gasteiger partial charge in [-0.05, 0) is 0 Å². The van der Waals surface area contributed by atoms with E-state index in [0.29, 0.717) is 0 Å². The number of hydrogen-bond acceptors (Lipinski definition) is 1. The Morgan fingerprint density at radius 3 is 1.11 bits per heavy atom. The first-order valence-corrected chi connectivity index (χ1v) is 19.9. The molecular formula is C51H32OSe. The van der Waals surface area contributed by atoms with E-state index in [1.807, 2.05) is 12.5 Å². The fraction of sp³-hybridized carbons (Fsp3) is 0.0196. The van der Waals surface area contributed by atoms with Gasteiger partial charge in [-0.25, -0.2) is 0 Å². The molecular weight excluding hydrogens is 708 g/mol. The van der Waals surface area contributed by atoms with Gasteiger partial charge in [-0.2, -0.15) is 0 Å². The van der Waals surface area contributed by atoms with E-state index in [2.05, 4.69) is 171 Å². The molecule has 0 unspecified atom stereocenters. The Labute approximate surface area is 313 Å². The van der Waals surface area contributed by atoms with Gasteiger partial charge in [-0.1, -0.05) is 0 Å². The molecule has 0 aliphatic rings. The molecule has 9 aromatic carbocycles. The maximum absolute atomic E-state index is 5.76. The Morgan fingerprint density at radius 1 is 0.340 bits per heavy atom. The average molecular weight is 740 g/mol. The maximum atomic E-state index is 5.76. The normalized spacial score (nSPS) is 11.9. The van der Waals surface area contributed by atoms with Gasteiger partial charge >= 0.3 is 315 Å². The molecule has 0 saturated heterocycles. The van der Waals surface area contributed by atoms with Crippen LogP contribution >= 0.6 is 0 Å². The molecule has 0 spiro atoms. The van der Waals surface area contributed by atoms with Crippen molar-refractivity contribution >= 4 is 76.9 Å². The molecule has 0 bridgehead atoms. The van der Waals surface area contributed by atoms with E-state index in [-0.39, 0.29) is 14.5 Å². The van der Waals surface area contributed by atoms with Gasteiger partial charge < -0.3 is 0 Å². The molecule has 1 nitrogen and oxygen atoms in total. The number of rotatable bonds is 4. The van der Waals surface area contributed by atoms with Gasteiger partial charge in [0.05, 0.1) is 0 Å². The van der Waals surface area contributed by atoms with Crippen LogP contribution in [0.15, 0.2) is 181 Å². The van der Waals surface area contributed by atoms with E-state index in [1.165, 1.54) is 101 Å². The van der Waals surface area contributed by atoms with Gasteiger partial charge in [-0.3, -0.25) is 0 Å². The predicted molar refractivity (Wildman–Crippen MR) is 227 cm³/mol. The summed E-state index contributed by atoms with van der Waals surface area (Å²) in [6.45, 7) is 2.14. The molecule has 0 atom stereocenters. The molecule has 0 aliphatic carbocycles. The zero-order valence-corrected chi connectivity index (χ0v) is 30.8. The second-order valence-electron chi connectivity index (χ2n) is 14.0. The molecule has 0 amide bonds. The van der Waals surface area contributed by atoms with Crippen LogP contribution in [-0.4, -0.2) is 14.5 Å². The van der Waals surface area contributed by atoms with Crippen molar-refractivity contribution in [2.45, 2.75) is 6.92 Å². The number of aryl methyl sites for hydroxylation is 1. The number of furan rings is 1. The molecule has 2 heterocycles. The van der Waals surface area contributed by atoms with Gasteiger partial charge in [0, 0.05) is 0 Å². The summed E-state index contributed by atoms with van der Waals surface area (Å²) < 4.78 is 8.64. The summed E-state index contributed by atoms with van der Waals surface area (Å²) in [5, 5.41) is 12.9. The summed E-state index contributed by atoms with van der Waals surface area (Å²) in [5.41, 5.74) is 11.3. The van der Waals surface area contributed by atoms with E-state index in [9.17, 15) is 0 Å². The first kappa shape index (κ1) is 30.4. The van der Waals surface area contributed by atoms with Gasteiger partial charge in [0.1, 0.15) is 0 Å². The molecule has 0 N–H and O–H groups in total. The van der Waals surface area contributed by atoms with Crippen LogP contribution in [0, 0.1) is 6.92 Å². The van der Waals surface area contributed by atoms with Crippen molar-refractivity contribution in [3.63, 3.8) is 0 Å². The minimum absolute atomic E-state index is 0.172. The van der Waals surface area contributed by atoms with Gasteiger partial charge in [0.15, 0.2) is 0 Å². The van der Waals surface area contributed by atoms with Crippen molar-refractivity contribution in [3.05, 3.63) is 182 Å². The number of fused-ring (bicyclic) bond motifs is 7. The number of benzene rings is 9. The Hall–Kier alpha value is -6.18. The predicted octanol–water partition coefficient (Wildman–Crippen LogP) is 14.2. The van der Waals surface area contributed by atoms with Crippen LogP contribution in [0.2, 0.25) is 0 Å². The van der Waals surface area contributed by atoms with Crippen LogP contribution in [0.3, 0.4) is 0 Å². The SMILES string of the molecule is Cc1cocc1-c1c2ccccc2c(-c2cccc3[se]c4cccc(-c5c6ccccc6c(-c6ccccc6)c6ccccc56)c4c23)c2ccccc12. The molecule has 2 aromatic heterocycles. The van der Waals surface area contributed by atoms with E-state index < -0.39 is 0 Å². The Kier molecular flexibility index (Phi) is 6.86.